The highest BCUT2D eigenvalue weighted by atomic mass is 35.5. The van der Waals surface area contributed by atoms with Crippen LogP contribution in [0.15, 0.2) is 28.7 Å². The third kappa shape index (κ3) is 3.80. The summed E-state index contributed by atoms with van der Waals surface area (Å²) in [6, 6.07) is 7.44. The number of rotatable bonds is 5. The Balaban J connectivity index is 1.59. The summed E-state index contributed by atoms with van der Waals surface area (Å²) >= 11 is 7.51. The average molecular weight is 380 g/mol. The van der Waals surface area contributed by atoms with Crippen molar-refractivity contribution < 1.29 is 18.7 Å². The van der Waals surface area contributed by atoms with Gasteiger partial charge in [0.2, 0.25) is 5.89 Å². The van der Waals surface area contributed by atoms with Gasteiger partial charge in [-0.2, -0.15) is 0 Å². The second-order valence-corrected chi connectivity index (χ2v) is 6.65. The fraction of sp³-hybridized carbons (Fsp3) is 0.250. The lowest BCUT2D eigenvalue weighted by molar-refractivity contribution is -0.148. The van der Waals surface area contributed by atoms with Crippen molar-refractivity contribution in [3.8, 4) is 0 Å². The van der Waals surface area contributed by atoms with Gasteiger partial charge >= 0.3 is 5.97 Å². The zero-order valence-electron chi connectivity index (χ0n) is 13.4. The van der Waals surface area contributed by atoms with Crippen LogP contribution in [0.3, 0.4) is 0 Å². The minimum atomic E-state index is -0.696. The van der Waals surface area contributed by atoms with E-state index in [0.717, 1.165) is 10.1 Å². The van der Waals surface area contributed by atoms with E-state index in [0.29, 0.717) is 15.8 Å². The van der Waals surface area contributed by atoms with Crippen LogP contribution in [0.25, 0.3) is 10.1 Å². The van der Waals surface area contributed by atoms with Crippen LogP contribution in [0.4, 0.5) is 0 Å². The third-order valence-electron chi connectivity index (χ3n) is 3.33. The molecular formula is C16H14ClN3O4S. The summed E-state index contributed by atoms with van der Waals surface area (Å²) in [5, 5.41) is 11.1. The Morgan fingerprint density at radius 2 is 2.12 bits per heavy atom. The predicted octanol–water partition coefficient (Wildman–Crippen LogP) is 3.28. The first kappa shape index (κ1) is 17.4. The van der Waals surface area contributed by atoms with E-state index in [1.54, 1.807) is 13.8 Å². The van der Waals surface area contributed by atoms with Crippen LogP contribution < -0.4 is 5.32 Å². The van der Waals surface area contributed by atoms with Gasteiger partial charge in [-0.05, 0) is 13.0 Å². The summed E-state index contributed by atoms with van der Waals surface area (Å²) in [4.78, 5) is 24.5. The summed E-state index contributed by atoms with van der Waals surface area (Å²) in [5.41, 5.74) is 0. The number of aromatic nitrogens is 2. The number of halogens is 1. The molecule has 0 radical (unpaired) electrons. The Morgan fingerprint density at radius 1 is 1.36 bits per heavy atom. The number of hydrogen-bond donors (Lipinski definition) is 1. The van der Waals surface area contributed by atoms with Crippen molar-refractivity contribution in [2.75, 3.05) is 6.54 Å². The van der Waals surface area contributed by atoms with Gasteiger partial charge in [-0.25, -0.2) is 0 Å². The predicted molar refractivity (Wildman–Crippen MR) is 92.7 cm³/mol. The van der Waals surface area contributed by atoms with Crippen LogP contribution in [-0.2, 0) is 9.53 Å². The lowest BCUT2D eigenvalue weighted by Crippen LogP contribution is -2.30. The van der Waals surface area contributed by atoms with Gasteiger partial charge in [0.15, 0.2) is 6.10 Å². The molecule has 7 nitrogen and oxygen atoms in total. The molecule has 130 valence electrons. The number of amides is 1. The molecule has 0 aliphatic carbocycles. The highest BCUT2D eigenvalue weighted by molar-refractivity contribution is 7.21. The molecule has 3 aromatic rings. The fourth-order valence-corrected chi connectivity index (χ4v) is 3.59. The number of aryl methyl sites for hydroxylation is 1. The van der Waals surface area contributed by atoms with Gasteiger partial charge in [-0.1, -0.05) is 29.8 Å². The molecule has 0 aliphatic rings. The Kier molecular flexibility index (Phi) is 5.00. The summed E-state index contributed by atoms with van der Waals surface area (Å²) < 4.78 is 11.2. The molecule has 0 bridgehead atoms. The van der Waals surface area contributed by atoms with Gasteiger partial charge in [0.05, 0.1) is 5.02 Å². The maximum Gasteiger partial charge on any atom is 0.326 e. The summed E-state index contributed by atoms with van der Waals surface area (Å²) in [5.74, 6) is -0.464. The van der Waals surface area contributed by atoms with Crippen molar-refractivity contribution in [1.82, 2.24) is 15.5 Å². The molecule has 0 saturated heterocycles. The first-order valence-corrected chi connectivity index (χ1v) is 8.60. The van der Waals surface area contributed by atoms with Crippen LogP contribution in [0.1, 0.15) is 34.5 Å². The zero-order chi connectivity index (χ0) is 18.0. The molecule has 9 heteroatoms. The van der Waals surface area contributed by atoms with E-state index >= 15 is 0 Å². The molecule has 1 N–H and O–H groups in total. The number of ether oxygens (including phenoxy) is 1. The Morgan fingerprint density at radius 3 is 2.80 bits per heavy atom. The molecule has 3 rings (SSSR count). The van der Waals surface area contributed by atoms with Crippen molar-refractivity contribution >= 4 is 44.9 Å². The quantitative estimate of drug-likeness (QED) is 0.683. The minimum absolute atomic E-state index is 0.199. The monoisotopic (exact) mass is 379 g/mol. The maximum absolute atomic E-state index is 12.3. The smallest absolute Gasteiger partial charge is 0.326 e. The molecule has 1 unspecified atom stereocenters. The summed E-state index contributed by atoms with van der Waals surface area (Å²) in [7, 11) is 0. The van der Waals surface area contributed by atoms with Crippen molar-refractivity contribution in [2.45, 2.75) is 20.0 Å². The third-order valence-corrected chi connectivity index (χ3v) is 5.01. The molecule has 0 spiro atoms. The maximum atomic E-state index is 12.3. The Hall–Kier alpha value is -2.45. The molecule has 1 amide bonds. The standard InChI is InChI=1S/C16H14ClN3O4S/c1-8(16-20-19-9(2)24-16)23-12(21)7-18-15(22)14-13(17)10-5-3-4-6-11(10)25-14/h3-6,8H,7H2,1-2H3,(H,18,22). The van der Waals surface area contributed by atoms with Crippen LogP contribution in [0.2, 0.25) is 5.02 Å². The van der Waals surface area contributed by atoms with Gasteiger partial charge in [0.25, 0.3) is 11.8 Å². The number of carbonyl (C=O) groups excluding carboxylic acids is 2. The number of thiophene rings is 1. The molecule has 1 atom stereocenters. The number of carbonyl (C=O) groups is 2. The van der Waals surface area contributed by atoms with E-state index in [4.69, 9.17) is 20.8 Å². The Bertz CT molecular complexity index is 937. The van der Waals surface area contributed by atoms with Gasteiger partial charge in [-0.15, -0.1) is 21.5 Å². The molecule has 0 fully saturated rings. The van der Waals surface area contributed by atoms with Crippen LogP contribution in [0.5, 0.6) is 0 Å². The highest BCUT2D eigenvalue weighted by Crippen LogP contribution is 2.34. The lowest BCUT2D eigenvalue weighted by atomic mass is 10.2. The van der Waals surface area contributed by atoms with Gasteiger partial charge in [0, 0.05) is 17.0 Å². The lowest BCUT2D eigenvalue weighted by Gasteiger charge is -2.09. The van der Waals surface area contributed by atoms with Crippen molar-refractivity contribution in [1.29, 1.82) is 0 Å². The number of hydrogen-bond acceptors (Lipinski definition) is 7. The van der Waals surface area contributed by atoms with Crippen LogP contribution >= 0.6 is 22.9 Å². The molecule has 2 heterocycles. The van der Waals surface area contributed by atoms with E-state index in [2.05, 4.69) is 15.5 Å². The number of benzene rings is 1. The highest BCUT2D eigenvalue weighted by Gasteiger charge is 2.20. The topological polar surface area (TPSA) is 94.3 Å². The van der Waals surface area contributed by atoms with E-state index in [-0.39, 0.29) is 12.4 Å². The molecule has 0 saturated carbocycles. The SMILES string of the molecule is Cc1nnc(C(C)OC(=O)CNC(=O)c2sc3ccccc3c2Cl)o1. The van der Waals surface area contributed by atoms with Gasteiger partial charge in [0.1, 0.15) is 11.4 Å². The number of nitrogens with one attached hydrogen (secondary N) is 1. The zero-order valence-corrected chi connectivity index (χ0v) is 15.0. The van der Waals surface area contributed by atoms with Crippen LogP contribution in [0, 0.1) is 6.92 Å². The number of esters is 1. The van der Waals surface area contributed by atoms with Gasteiger partial charge < -0.3 is 14.5 Å². The van der Waals surface area contributed by atoms with E-state index in [9.17, 15) is 9.59 Å². The largest absolute Gasteiger partial charge is 0.451 e. The van der Waals surface area contributed by atoms with Crippen molar-refractivity contribution in [3.05, 3.63) is 45.9 Å². The Labute approximate surface area is 151 Å². The van der Waals surface area contributed by atoms with E-state index in [1.807, 2.05) is 24.3 Å². The number of fused-ring (bicyclic) bond motifs is 1. The molecule has 0 aliphatic heterocycles. The first-order chi connectivity index (χ1) is 12.0. The average Bonchev–Trinajstić information content (AvgIpc) is 3.17. The molecule has 2 aromatic heterocycles. The molecule has 25 heavy (non-hydrogen) atoms. The normalized spacial score (nSPS) is 12.1. The second-order valence-electron chi connectivity index (χ2n) is 5.22. The van der Waals surface area contributed by atoms with Crippen LogP contribution in [-0.4, -0.2) is 28.6 Å². The van der Waals surface area contributed by atoms with Crippen molar-refractivity contribution in [3.63, 3.8) is 0 Å². The fourth-order valence-electron chi connectivity index (χ4n) is 2.16. The summed E-state index contributed by atoms with van der Waals surface area (Å²) in [6.07, 6.45) is -0.696. The number of nitrogens with zero attached hydrogens (tertiary/aromatic N) is 2. The minimum Gasteiger partial charge on any atom is -0.451 e. The van der Waals surface area contributed by atoms with E-state index in [1.165, 1.54) is 11.3 Å². The summed E-state index contributed by atoms with van der Waals surface area (Å²) in [6.45, 7) is 2.95. The molecule has 1 aromatic carbocycles. The van der Waals surface area contributed by atoms with E-state index < -0.39 is 18.0 Å². The first-order valence-electron chi connectivity index (χ1n) is 7.40. The van der Waals surface area contributed by atoms with Gasteiger partial charge in [-0.3, -0.25) is 9.59 Å². The van der Waals surface area contributed by atoms with Crippen molar-refractivity contribution in [2.24, 2.45) is 0 Å². The molecular weight excluding hydrogens is 366 g/mol. The second kappa shape index (κ2) is 7.20.